The topological polar surface area (TPSA) is 37.3 Å². The van der Waals surface area contributed by atoms with Crippen LogP contribution in [-0.2, 0) is 4.79 Å². The van der Waals surface area contributed by atoms with Gasteiger partial charge in [0.2, 0.25) is 0 Å². The first kappa shape index (κ1) is 13.6. The molecule has 0 unspecified atom stereocenters. The van der Waals surface area contributed by atoms with Gasteiger partial charge in [0, 0.05) is 11.8 Å². The van der Waals surface area contributed by atoms with Gasteiger partial charge in [0.1, 0.15) is 6.10 Å². The summed E-state index contributed by atoms with van der Waals surface area (Å²) in [6.07, 6.45) is 6.90. The molecule has 1 spiro atoms. The Hall–Kier alpha value is -1.41. The highest BCUT2D eigenvalue weighted by molar-refractivity contribution is 5.85. The molecule has 0 aromatic heterocycles. The summed E-state index contributed by atoms with van der Waals surface area (Å²) in [5.74, 6) is 0.0355. The van der Waals surface area contributed by atoms with Crippen LogP contribution in [0.3, 0.4) is 0 Å². The van der Waals surface area contributed by atoms with E-state index in [4.69, 9.17) is 0 Å². The zero-order chi connectivity index (χ0) is 14.2. The van der Waals surface area contributed by atoms with Crippen molar-refractivity contribution >= 4 is 11.9 Å². The van der Waals surface area contributed by atoms with Gasteiger partial charge in [-0.3, -0.25) is 4.79 Å². The minimum Gasteiger partial charge on any atom is -0.384 e. The maximum Gasteiger partial charge on any atom is 0.162 e. The van der Waals surface area contributed by atoms with Gasteiger partial charge in [0.15, 0.2) is 5.78 Å². The second-order valence-corrected chi connectivity index (χ2v) is 6.32. The molecule has 0 aliphatic heterocycles. The summed E-state index contributed by atoms with van der Waals surface area (Å²) in [7, 11) is 0. The van der Waals surface area contributed by atoms with Crippen molar-refractivity contribution in [1.82, 2.24) is 0 Å². The molecule has 0 bridgehead atoms. The average Bonchev–Trinajstić information content (AvgIpc) is 2.80. The highest BCUT2D eigenvalue weighted by Crippen LogP contribution is 2.52. The lowest BCUT2D eigenvalue weighted by Crippen LogP contribution is -2.43. The molecule has 0 radical (unpaired) electrons. The highest BCUT2D eigenvalue weighted by Gasteiger charge is 2.48. The molecule has 2 fully saturated rings. The lowest BCUT2D eigenvalue weighted by molar-refractivity contribution is -0.136. The summed E-state index contributed by atoms with van der Waals surface area (Å²) in [6, 6.07) is 8.41. The predicted molar refractivity (Wildman–Crippen MR) is 80.3 cm³/mol. The number of aryl methyl sites for hydroxylation is 1. The van der Waals surface area contributed by atoms with Crippen LogP contribution >= 0.6 is 0 Å². The van der Waals surface area contributed by atoms with Gasteiger partial charge in [-0.05, 0) is 44.6 Å². The zero-order valence-corrected chi connectivity index (χ0v) is 12.1. The summed E-state index contributed by atoms with van der Waals surface area (Å²) >= 11 is 0. The van der Waals surface area contributed by atoms with Crippen LogP contribution in [0.4, 0.5) is 0 Å². The van der Waals surface area contributed by atoms with Crippen LogP contribution in [-0.4, -0.2) is 17.0 Å². The van der Waals surface area contributed by atoms with Crippen molar-refractivity contribution in [3.63, 3.8) is 0 Å². The molecule has 2 saturated carbocycles. The second-order valence-electron chi connectivity index (χ2n) is 6.32. The van der Waals surface area contributed by atoms with Gasteiger partial charge in [0.25, 0.3) is 0 Å². The van der Waals surface area contributed by atoms with E-state index in [-0.39, 0.29) is 11.2 Å². The molecule has 2 aliphatic carbocycles. The van der Waals surface area contributed by atoms with Gasteiger partial charge in [-0.2, -0.15) is 0 Å². The van der Waals surface area contributed by atoms with Gasteiger partial charge >= 0.3 is 0 Å². The number of rotatable bonds is 1. The monoisotopic (exact) mass is 270 g/mol. The molecular formula is C18H22O2. The van der Waals surface area contributed by atoms with E-state index in [1.807, 2.05) is 0 Å². The van der Waals surface area contributed by atoms with E-state index in [2.05, 4.69) is 37.3 Å². The maximum absolute atomic E-state index is 11.9. The normalized spacial score (nSPS) is 32.2. The van der Waals surface area contributed by atoms with Crippen LogP contribution in [0, 0.1) is 12.3 Å². The molecule has 2 nitrogen and oxygen atoms in total. The first-order valence-electron chi connectivity index (χ1n) is 7.60. The molecule has 3 rings (SSSR count). The quantitative estimate of drug-likeness (QED) is 0.845. The number of ketones is 1. The Balaban J connectivity index is 1.98. The maximum atomic E-state index is 11.9. The molecule has 20 heavy (non-hydrogen) atoms. The number of Topliss-reactive ketones (excluding diaryl/α,β-unsaturated/α-hetero) is 1. The molecule has 2 heteroatoms. The fourth-order valence-corrected chi connectivity index (χ4v) is 3.94. The van der Waals surface area contributed by atoms with E-state index in [0.29, 0.717) is 6.42 Å². The standard InChI is InChI=1S/C18H22O2/c1-13-5-2-6-14(11-13)12-15-7-3-9-18(15)10-4-8-16(19)17(18)20/h2,5-6,11-12,17,20H,3-4,7-10H2,1H3/b15-12+/t17-,18+/m0/s1. The van der Waals surface area contributed by atoms with Crippen molar-refractivity contribution in [3.8, 4) is 0 Å². The zero-order valence-electron chi connectivity index (χ0n) is 12.1. The number of carbonyl (C=O) groups is 1. The molecule has 1 aromatic rings. The Morgan fingerprint density at radius 2 is 2.00 bits per heavy atom. The summed E-state index contributed by atoms with van der Waals surface area (Å²) in [5, 5.41) is 10.4. The fraction of sp³-hybridized carbons (Fsp3) is 0.500. The molecule has 0 saturated heterocycles. The van der Waals surface area contributed by atoms with Gasteiger partial charge < -0.3 is 5.11 Å². The third-order valence-corrected chi connectivity index (χ3v) is 4.97. The number of aliphatic hydroxyl groups excluding tert-OH is 1. The number of carbonyl (C=O) groups excluding carboxylic acids is 1. The number of hydrogen-bond acceptors (Lipinski definition) is 2. The van der Waals surface area contributed by atoms with Crippen LogP contribution in [0.5, 0.6) is 0 Å². The first-order valence-corrected chi connectivity index (χ1v) is 7.60. The van der Waals surface area contributed by atoms with Crippen molar-refractivity contribution in [1.29, 1.82) is 0 Å². The number of benzene rings is 1. The van der Waals surface area contributed by atoms with E-state index in [0.717, 1.165) is 32.1 Å². The smallest absolute Gasteiger partial charge is 0.162 e. The minimum atomic E-state index is -0.783. The van der Waals surface area contributed by atoms with E-state index in [9.17, 15) is 9.90 Å². The Kier molecular flexibility index (Phi) is 3.51. The van der Waals surface area contributed by atoms with Crippen LogP contribution < -0.4 is 0 Å². The molecule has 0 amide bonds. The van der Waals surface area contributed by atoms with Crippen LogP contribution in [0.25, 0.3) is 6.08 Å². The third-order valence-electron chi connectivity index (χ3n) is 4.97. The predicted octanol–water partition coefficient (Wildman–Crippen LogP) is 3.66. The molecule has 1 aromatic carbocycles. The van der Waals surface area contributed by atoms with E-state index in [1.165, 1.54) is 16.7 Å². The highest BCUT2D eigenvalue weighted by atomic mass is 16.3. The first-order chi connectivity index (χ1) is 9.62. The summed E-state index contributed by atoms with van der Waals surface area (Å²) in [5.41, 5.74) is 3.45. The SMILES string of the molecule is Cc1cccc(/C=C2\CCC[C@@]23CCCC(=O)[C@@H]3O)c1. The van der Waals surface area contributed by atoms with Crippen molar-refractivity contribution in [2.45, 2.75) is 51.6 Å². The van der Waals surface area contributed by atoms with Gasteiger partial charge in [0.05, 0.1) is 0 Å². The Labute approximate surface area is 120 Å². The van der Waals surface area contributed by atoms with Gasteiger partial charge in [-0.1, -0.05) is 41.5 Å². The van der Waals surface area contributed by atoms with Gasteiger partial charge in [-0.25, -0.2) is 0 Å². The van der Waals surface area contributed by atoms with E-state index in [1.54, 1.807) is 0 Å². The summed E-state index contributed by atoms with van der Waals surface area (Å²) in [4.78, 5) is 11.9. The summed E-state index contributed by atoms with van der Waals surface area (Å²) in [6.45, 7) is 2.09. The molecule has 1 N–H and O–H groups in total. The van der Waals surface area contributed by atoms with Crippen molar-refractivity contribution < 1.29 is 9.90 Å². The third kappa shape index (κ3) is 2.22. The number of aliphatic hydroxyl groups is 1. The van der Waals surface area contributed by atoms with E-state index < -0.39 is 6.10 Å². The fourth-order valence-electron chi connectivity index (χ4n) is 3.94. The average molecular weight is 270 g/mol. The minimum absolute atomic E-state index is 0.0355. The Morgan fingerprint density at radius 1 is 1.25 bits per heavy atom. The lowest BCUT2D eigenvalue weighted by atomic mass is 9.67. The molecule has 106 valence electrons. The number of hydrogen-bond donors (Lipinski definition) is 1. The lowest BCUT2D eigenvalue weighted by Gasteiger charge is -2.38. The largest absolute Gasteiger partial charge is 0.384 e. The molecular weight excluding hydrogens is 248 g/mol. The van der Waals surface area contributed by atoms with Crippen molar-refractivity contribution in [3.05, 3.63) is 41.0 Å². The van der Waals surface area contributed by atoms with Crippen LogP contribution in [0.15, 0.2) is 29.8 Å². The Bertz CT molecular complexity index is 558. The van der Waals surface area contributed by atoms with Crippen LogP contribution in [0.2, 0.25) is 0 Å². The molecule has 0 heterocycles. The van der Waals surface area contributed by atoms with Gasteiger partial charge in [-0.15, -0.1) is 0 Å². The Morgan fingerprint density at radius 3 is 2.75 bits per heavy atom. The van der Waals surface area contributed by atoms with Crippen LogP contribution in [0.1, 0.15) is 49.7 Å². The van der Waals surface area contributed by atoms with Crippen molar-refractivity contribution in [2.24, 2.45) is 5.41 Å². The second kappa shape index (κ2) is 5.17. The molecule has 2 atom stereocenters. The van der Waals surface area contributed by atoms with E-state index >= 15 is 0 Å². The summed E-state index contributed by atoms with van der Waals surface area (Å²) < 4.78 is 0. The molecule has 2 aliphatic rings. The van der Waals surface area contributed by atoms with Crippen molar-refractivity contribution in [2.75, 3.05) is 0 Å².